The van der Waals surface area contributed by atoms with E-state index < -0.39 is 28.0 Å². The first-order chi connectivity index (χ1) is 11.7. The fraction of sp³-hybridized carbons (Fsp3) is 0.467. The number of nitrogens with zero attached hydrogens (tertiary/aromatic N) is 4. The zero-order valence-electron chi connectivity index (χ0n) is 14.0. The minimum absolute atomic E-state index is 0.00785. The molecule has 25 heavy (non-hydrogen) atoms. The van der Waals surface area contributed by atoms with Crippen LogP contribution in [0.25, 0.3) is 11.1 Å². The van der Waals surface area contributed by atoms with Gasteiger partial charge in [0.25, 0.3) is 0 Å². The summed E-state index contributed by atoms with van der Waals surface area (Å²) in [5, 5.41) is 17.5. The maximum absolute atomic E-state index is 13.9. The Morgan fingerprint density at radius 2 is 2.24 bits per heavy atom. The molecule has 10 heteroatoms. The first-order valence-corrected chi connectivity index (χ1v) is 9.61. The second-order valence-electron chi connectivity index (χ2n) is 6.26. The average Bonchev–Trinajstić information content (AvgIpc) is 2.85. The third kappa shape index (κ3) is 3.51. The highest BCUT2D eigenvalue weighted by atomic mass is 32.2. The van der Waals surface area contributed by atoms with Crippen molar-refractivity contribution < 1.29 is 17.9 Å². The number of hydrogen-bond acceptors (Lipinski definition) is 6. The van der Waals surface area contributed by atoms with Gasteiger partial charge in [0.15, 0.2) is 5.82 Å². The second-order valence-corrected chi connectivity index (χ2v) is 8.25. The van der Waals surface area contributed by atoms with E-state index >= 15 is 0 Å². The Hall–Kier alpha value is -2.04. The molecule has 0 bridgehead atoms. The van der Waals surface area contributed by atoms with Gasteiger partial charge in [-0.25, -0.2) is 22.3 Å². The summed E-state index contributed by atoms with van der Waals surface area (Å²) in [7, 11) is -3.34. The van der Waals surface area contributed by atoms with Gasteiger partial charge in [-0.15, -0.1) is 5.10 Å². The maximum atomic E-state index is 13.9. The number of fused-ring (bicyclic) bond motifs is 1. The van der Waals surface area contributed by atoms with Crippen molar-refractivity contribution in [1.29, 1.82) is 0 Å². The van der Waals surface area contributed by atoms with Crippen LogP contribution in [-0.4, -0.2) is 63.9 Å². The Bertz CT molecular complexity index is 927. The van der Waals surface area contributed by atoms with E-state index in [0.29, 0.717) is 24.2 Å². The number of β-amino-alcohol motifs (C(OH)–C–C–N with tert-alkyl or cyclic N) is 1. The molecule has 8 nitrogen and oxygen atoms in total. The van der Waals surface area contributed by atoms with Crippen molar-refractivity contribution in [1.82, 2.24) is 18.9 Å². The molecule has 1 saturated heterocycles. The van der Waals surface area contributed by atoms with Gasteiger partial charge in [0.1, 0.15) is 5.52 Å². The minimum atomic E-state index is -3.34. The van der Waals surface area contributed by atoms with Gasteiger partial charge in [0.05, 0.1) is 30.3 Å². The van der Waals surface area contributed by atoms with E-state index in [2.05, 4.69) is 22.0 Å². The van der Waals surface area contributed by atoms with Crippen molar-refractivity contribution in [3.05, 3.63) is 30.4 Å². The van der Waals surface area contributed by atoms with E-state index in [1.54, 1.807) is 6.92 Å². The summed E-state index contributed by atoms with van der Waals surface area (Å²) in [6.07, 6.45) is 1.98. The zero-order valence-corrected chi connectivity index (χ0v) is 14.8. The largest absolute Gasteiger partial charge is 0.390 e. The van der Waals surface area contributed by atoms with Gasteiger partial charge in [-0.05, 0) is 18.9 Å². The summed E-state index contributed by atoms with van der Waals surface area (Å²) < 4.78 is 39.7. The molecule has 0 amide bonds. The molecular weight excluding hydrogens is 349 g/mol. The highest BCUT2D eigenvalue weighted by Crippen LogP contribution is 2.21. The van der Waals surface area contributed by atoms with Gasteiger partial charge >= 0.3 is 0 Å². The van der Waals surface area contributed by atoms with Gasteiger partial charge in [-0.2, -0.15) is 4.31 Å². The number of aromatic nitrogens is 3. The summed E-state index contributed by atoms with van der Waals surface area (Å²) in [6.45, 7) is 5.86. The molecular formula is C15H20FN5O3S. The topological polar surface area (TPSA) is 99.8 Å². The second kappa shape index (κ2) is 6.36. The van der Waals surface area contributed by atoms with Crippen molar-refractivity contribution in [2.24, 2.45) is 0 Å². The van der Waals surface area contributed by atoms with Gasteiger partial charge in [0.2, 0.25) is 16.0 Å². The Morgan fingerprint density at radius 3 is 2.84 bits per heavy atom. The molecule has 0 aliphatic carbocycles. The lowest BCUT2D eigenvalue weighted by atomic mass is 10.0. The number of nitrogens with one attached hydrogen (secondary N) is 1. The molecule has 0 radical (unpaired) electrons. The quantitative estimate of drug-likeness (QED) is 0.823. The van der Waals surface area contributed by atoms with Gasteiger partial charge in [0, 0.05) is 19.2 Å². The Morgan fingerprint density at radius 1 is 1.52 bits per heavy atom. The van der Waals surface area contributed by atoms with E-state index in [1.807, 2.05) is 0 Å². The summed E-state index contributed by atoms with van der Waals surface area (Å²) >= 11 is 0. The van der Waals surface area contributed by atoms with Crippen LogP contribution in [-0.2, 0) is 10.0 Å². The van der Waals surface area contributed by atoms with Crippen molar-refractivity contribution in [3.63, 3.8) is 0 Å². The lowest BCUT2D eigenvalue weighted by Crippen LogP contribution is -2.51. The molecule has 0 saturated carbocycles. The SMILES string of the molecule is C=C(C)c1cc(F)c2cnc(N[C@@H]3CCN(S(C)(=O)=O)C[C@H]3O)nn12. The molecule has 3 rings (SSSR count). The molecule has 2 atom stereocenters. The molecule has 136 valence electrons. The van der Waals surface area contributed by atoms with E-state index in [0.717, 1.165) is 6.26 Å². The molecule has 0 unspecified atom stereocenters. The number of halogens is 1. The number of allylic oxidation sites excluding steroid dienone is 1. The Labute approximate surface area is 145 Å². The van der Waals surface area contributed by atoms with Crippen LogP contribution in [0.4, 0.5) is 10.3 Å². The molecule has 2 aromatic rings. The number of anilines is 1. The van der Waals surface area contributed by atoms with Gasteiger partial charge < -0.3 is 10.4 Å². The van der Waals surface area contributed by atoms with E-state index in [9.17, 15) is 17.9 Å². The Balaban J connectivity index is 1.82. The summed E-state index contributed by atoms with van der Waals surface area (Å²) in [5.74, 6) is -0.214. The molecule has 0 aromatic carbocycles. The minimum Gasteiger partial charge on any atom is -0.390 e. The monoisotopic (exact) mass is 369 g/mol. The summed E-state index contributed by atoms with van der Waals surface area (Å²) in [4.78, 5) is 4.08. The van der Waals surface area contributed by atoms with Crippen LogP contribution in [0.1, 0.15) is 19.0 Å². The third-order valence-electron chi connectivity index (χ3n) is 4.23. The van der Waals surface area contributed by atoms with Gasteiger partial charge in [-0.3, -0.25) is 0 Å². The van der Waals surface area contributed by atoms with E-state index in [1.165, 1.54) is 21.1 Å². The van der Waals surface area contributed by atoms with Crippen molar-refractivity contribution in [2.75, 3.05) is 24.7 Å². The van der Waals surface area contributed by atoms with Crippen molar-refractivity contribution in [2.45, 2.75) is 25.5 Å². The molecule has 1 fully saturated rings. The summed E-state index contributed by atoms with van der Waals surface area (Å²) in [5.41, 5.74) is 1.42. The molecule has 0 spiro atoms. The standard InChI is InChI=1S/C15H20FN5O3S/c1-9(2)12-6-10(16)13-7-17-15(19-21(12)13)18-11-4-5-20(8-14(11)22)25(3,23)24/h6-7,11,14,22H,1,4-5,8H2,2-3H3,(H,18,19)/t11-,14-/m1/s1. The molecule has 2 aromatic heterocycles. The molecule has 2 N–H and O–H groups in total. The zero-order chi connectivity index (χ0) is 18.4. The smallest absolute Gasteiger partial charge is 0.241 e. The van der Waals surface area contributed by atoms with Crippen molar-refractivity contribution in [3.8, 4) is 0 Å². The van der Waals surface area contributed by atoms with Crippen LogP contribution in [0.5, 0.6) is 0 Å². The van der Waals surface area contributed by atoms with Gasteiger partial charge in [-0.1, -0.05) is 6.58 Å². The van der Waals surface area contributed by atoms with Crippen LogP contribution in [0.3, 0.4) is 0 Å². The summed E-state index contributed by atoms with van der Waals surface area (Å²) in [6, 6.07) is 0.944. The highest BCUT2D eigenvalue weighted by Gasteiger charge is 2.32. The number of piperidine rings is 1. The first-order valence-electron chi connectivity index (χ1n) is 7.76. The van der Waals surface area contributed by atoms with Crippen LogP contribution in [0.2, 0.25) is 0 Å². The molecule has 1 aliphatic rings. The van der Waals surface area contributed by atoms with Crippen LogP contribution in [0, 0.1) is 5.82 Å². The molecule has 1 aliphatic heterocycles. The number of aliphatic hydroxyl groups excluding tert-OH is 1. The van der Waals surface area contributed by atoms with Crippen LogP contribution >= 0.6 is 0 Å². The van der Waals surface area contributed by atoms with Crippen molar-refractivity contribution >= 4 is 27.1 Å². The third-order valence-corrected chi connectivity index (χ3v) is 5.50. The fourth-order valence-electron chi connectivity index (χ4n) is 2.86. The fourth-order valence-corrected chi connectivity index (χ4v) is 3.72. The number of aliphatic hydroxyl groups is 1. The highest BCUT2D eigenvalue weighted by molar-refractivity contribution is 7.88. The van der Waals surface area contributed by atoms with Crippen LogP contribution in [0.15, 0.2) is 18.8 Å². The number of rotatable bonds is 4. The predicted molar refractivity (Wildman–Crippen MR) is 92.1 cm³/mol. The lowest BCUT2D eigenvalue weighted by Gasteiger charge is -2.34. The average molecular weight is 369 g/mol. The maximum Gasteiger partial charge on any atom is 0.241 e. The van der Waals surface area contributed by atoms with Crippen LogP contribution < -0.4 is 5.32 Å². The predicted octanol–water partition coefficient (Wildman–Crippen LogP) is 0.708. The lowest BCUT2D eigenvalue weighted by molar-refractivity contribution is 0.0950. The molecule has 3 heterocycles. The number of sulfonamides is 1. The van der Waals surface area contributed by atoms with E-state index in [4.69, 9.17) is 0 Å². The first kappa shape index (κ1) is 17.8. The van der Waals surface area contributed by atoms with E-state index in [-0.39, 0.29) is 18.0 Å². The number of hydrogen-bond donors (Lipinski definition) is 2. The normalized spacial score (nSPS) is 22.2. The Kier molecular flexibility index (Phi) is 4.52.